The van der Waals surface area contributed by atoms with Crippen molar-refractivity contribution in [1.82, 2.24) is 0 Å². The minimum absolute atomic E-state index is 0.00328. The van der Waals surface area contributed by atoms with Crippen LogP contribution in [-0.2, 0) is 0 Å². The summed E-state index contributed by atoms with van der Waals surface area (Å²) in [5, 5.41) is 1.08. The van der Waals surface area contributed by atoms with Crippen molar-refractivity contribution in [2.45, 2.75) is 12.6 Å². The highest BCUT2D eigenvalue weighted by atomic mass is 32.2. The summed E-state index contributed by atoms with van der Waals surface area (Å²) in [5.41, 5.74) is 6.94. The van der Waals surface area contributed by atoms with E-state index in [4.69, 9.17) is 5.73 Å². The molecule has 1 unspecified atom stereocenters. The van der Waals surface area contributed by atoms with Gasteiger partial charge in [-0.2, -0.15) is 0 Å². The molecule has 0 saturated heterocycles. The standard InChI is InChI=1S/C10H12N2S/c11-9-6-7-13-10(12-9)8-4-2-1-3-5-8/h1-5,9H,6-7,11H2. The van der Waals surface area contributed by atoms with Crippen LogP contribution in [0.4, 0.5) is 0 Å². The molecule has 0 aromatic heterocycles. The summed E-state index contributed by atoms with van der Waals surface area (Å²) < 4.78 is 0. The Balaban J connectivity index is 2.26. The fourth-order valence-electron chi connectivity index (χ4n) is 1.27. The van der Waals surface area contributed by atoms with E-state index in [9.17, 15) is 0 Å². The lowest BCUT2D eigenvalue weighted by atomic mass is 10.2. The largest absolute Gasteiger partial charge is 0.310 e. The van der Waals surface area contributed by atoms with E-state index in [1.165, 1.54) is 5.56 Å². The van der Waals surface area contributed by atoms with Crippen LogP contribution in [0.25, 0.3) is 0 Å². The van der Waals surface area contributed by atoms with Gasteiger partial charge in [-0.1, -0.05) is 30.3 Å². The summed E-state index contributed by atoms with van der Waals surface area (Å²) in [7, 11) is 0. The zero-order valence-corrected chi connectivity index (χ0v) is 8.13. The molecule has 0 amide bonds. The van der Waals surface area contributed by atoms with Crippen LogP contribution in [0.15, 0.2) is 35.3 Å². The summed E-state index contributed by atoms with van der Waals surface area (Å²) >= 11 is 1.79. The molecule has 0 aliphatic carbocycles. The van der Waals surface area contributed by atoms with Gasteiger partial charge in [-0.25, -0.2) is 0 Å². The van der Waals surface area contributed by atoms with E-state index in [-0.39, 0.29) is 6.17 Å². The fraction of sp³-hybridized carbons (Fsp3) is 0.300. The van der Waals surface area contributed by atoms with Gasteiger partial charge in [0.15, 0.2) is 0 Å². The normalized spacial score (nSPS) is 22.5. The Morgan fingerprint density at radius 3 is 2.77 bits per heavy atom. The maximum Gasteiger partial charge on any atom is 0.0996 e. The van der Waals surface area contributed by atoms with E-state index >= 15 is 0 Å². The molecule has 1 aliphatic heterocycles. The van der Waals surface area contributed by atoms with Crippen molar-refractivity contribution in [1.29, 1.82) is 0 Å². The smallest absolute Gasteiger partial charge is 0.0996 e. The number of aliphatic imine (C=N–C) groups is 1. The van der Waals surface area contributed by atoms with Crippen molar-refractivity contribution < 1.29 is 0 Å². The van der Waals surface area contributed by atoms with Crippen LogP contribution < -0.4 is 5.73 Å². The van der Waals surface area contributed by atoms with Crippen molar-refractivity contribution in [2.75, 3.05) is 5.75 Å². The fourth-order valence-corrected chi connectivity index (χ4v) is 2.33. The molecular weight excluding hydrogens is 180 g/mol. The number of thioether (sulfide) groups is 1. The summed E-state index contributed by atoms with van der Waals surface area (Å²) in [6, 6.07) is 10.2. The Morgan fingerprint density at radius 1 is 1.31 bits per heavy atom. The van der Waals surface area contributed by atoms with Gasteiger partial charge >= 0.3 is 0 Å². The SMILES string of the molecule is NC1CCSC(c2ccccc2)=N1. The Bertz CT molecular complexity index is 308. The van der Waals surface area contributed by atoms with E-state index in [2.05, 4.69) is 17.1 Å². The lowest BCUT2D eigenvalue weighted by Gasteiger charge is -2.16. The monoisotopic (exact) mass is 192 g/mol. The average Bonchev–Trinajstić information content (AvgIpc) is 2.19. The van der Waals surface area contributed by atoms with Crippen molar-refractivity contribution >= 4 is 16.8 Å². The van der Waals surface area contributed by atoms with Gasteiger partial charge in [0, 0.05) is 11.3 Å². The van der Waals surface area contributed by atoms with Gasteiger partial charge in [-0.3, -0.25) is 4.99 Å². The number of hydrogen-bond donors (Lipinski definition) is 1. The van der Waals surface area contributed by atoms with E-state index in [0.29, 0.717) is 0 Å². The minimum atomic E-state index is -0.00328. The predicted molar refractivity (Wildman–Crippen MR) is 58.0 cm³/mol. The first-order chi connectivity index (χ1) is 6.36. The van der Waals surface area contributed by atoms with Gasteiger partial charge in [0.05, 0.1) is 11.2 Å². The van der Waals surface area contributed by atoms with E-state index in [0.717, 1.165) is 17.2 Å². The molecule has 13 heavy (non-hydrogen) atoms. The molecule has 3 heteroatoms. The Kier molecular flexibility index (Phi) is 2.66. The highest BCUT2D eigenvalue weighted by molar-refractivity contribution is 8.14. The molecular formula is C10H12N2S. The second-order valence-electron chi connectivity index (χ2n) is 3.00. The van der Waals surface area contributed by atoms with Crippen LogP contribution >= 0.6 is 11.8 Å². The maximum absolute atomic E-state index is 5.76. The van der Waals surface area contributed by atoms with Crippen LogP contribution in [0.3, 0.4) is 0 Å². The van der Waals surface area contributed by atoms with Crippen LogP contribution in [0.1, 0.15) is 12.0 Å². The third kappa shape index (κ3) is 2.11. The number of hydrogen-bond acceptors (Lipinski definition) is 3. The first kappa shape index (κ1) is 8.78. The summed E-state index contributed by atoms with van der Waals surface area (Å²) in [6.45, 7) is 0. The molecule has 2 N–H and O–H groups in total. The third-order valence-corrected chi connectivity index (χ3v) is 3.01. The van der Waals surface area contributed by atoms with Gasteiger partial charge < -0.3 is 5.73 Å². The molecule has 1 atom stereocenters. The summed E-state index contributed by atoms with van der Waals surface area (Å²) in [5.74, 6) is 1.08. The van der Waals surface area contributed by atoms with Crippen LogP contribution in [0.2, 0.25) is 0 Å². The van der Waals surface area contributed by atoms with Crippen molar-refractivity contribution in [3.63, 3.8) is 0 Å². The molecule has 0 radical (unpaired) electrons. The van der Waals surface area contributed by atoms with Crippen LogP contribution in [0.5, 0.6) is 0 Å². The van der Waals surface area contributed by atoms with E-state index in [1.54, 1.807) is 11.8 Å². The van der Waals surface area contributed by atoms with E-state index in [1.807, 2.05) is 18.2 Å². The van der Waals surface area contributed by atoms with Gasteiger partial charge in [-0.05, 0) is 6.42 Å². The first-order valence-electron chi connectivity index (χ1n) is 4.38. The zero-order valence-electron chi connectivity index (χ0n) is 7.31. The predicted octanol–water partition coefficient (Wildman–Crippen LogP) is 1.85. The second kappa shape index (κ2) is 3.94. The number of nitrogens with two attached hydrogens (primary N) is 1. The van der Waals surface area contributed by atoms with Crippen molar-refractivity contribution in [2.24, 2.45) is 10.7 Å². The Labute approximate surface area is 82.2 Å². The molecule has 2 rings (SSSR count). The van der Waals surface area contributed by atoms with E-state index < -0.39 is 0 Å². The molecule has 1 heterocycles. The molecule has 0 saturated carbocycles. The Hall–Kier alpha value is -0.800. The molecule has 2 nitrogen and oxygen atoms in total. The molecule has 0 bridgehead atoms. The number of nitrogens with zero attached hydrogens (tertiary/aromatic N) is 1. The second-order valence-corrected chi connectivity index (χ2v) is 4.09. The van der Waals surface area contributed by atoms with Crippen molar-refractivity contribution in [3.8, 4) is 0 Å². The zero-order chi connectivity index (χ0) is 9.10. The molecule has 1 aromatic rings. The first-order valence-corrected chi connectivity index (χ1v) is 5.36. The summed E-state index contributed by atoms with van der Waals surface area (Å²) in [4.78, 5) is 4.41. The number of rotatable bonds is 1. The quantitative estimate of drug-likeness (QED) is 0.737. The highest BCUT2D eigenvalue weighted by Crippen LogP contribution is 2.20. The highest BCUT2D eigenvalue weighted by Gasteiger charge is 2.12. The molecule has 0 fully saturated rings. The topological polar surface area (TPSA) is 38.4 Å². The van der Waals surface area contributed by atoms with Gasteiger partial charge in [0.2, 0.25) is 0 Å². The molecule has 0 spiro atoms. The summed E-state index contributed by atoms with van der Waals surface area (Å²) in [6.07, 6.45) is 0.984. The van der Waals surface area contributed by atoms with Crippen LogP contribution in [-0.4, -0.2) is 17.0 Å². The average molecular weight is 192 g/mol. The van der Waals surface area contributed by atoms with Gasteiger partial charge in [-0.15, -0.1) is 11.8 Å². The van der Waals surface area contributed by atoms with Crippen LogP contribution in [0, 0.1) is 0 Å². The van der Waals surface area contributed by atoms with Gasteiger partial charge in [0.25, 0.3) is 0 Å². The Morgan fingerprint density at radius 2 is 2.08 bits per heavy atom. The molecule has 68 valence electrons. The maximum atomic E-state index is 5.76. The third-order valence-electron chi connectivity index (χ3n) is 1.96. The van der Waals surface area contributed by atoms with Crippen molar-refractivity contribution in [3.05, 3.63) is 35.9 Å². The molecule has 1 aromatic carbocycles. The minimum Gasteiger partial charge on any atom is -0.310 e. The number of benzene rings is 1. The van der Waals surface area contributed by atoms with Gasteiger partial charge in [0.1, 0.15) is 0 Å². The molecule has 1 aliphatic rings. The lowest BCUT2D eigenvalue weighted by Crippen LogP contribution is -2.23. The lowest BCUT2D eigenvalue weighted by molar-refractivity contribution is 0.688.